The van der Waals surface area contributed by atoms with Gasteiger partial charge < -0.3 is 15.6 Å². The Morgan fingerprint density at radius 2 is 2.25 bits per heavy atom. The molecule has 3 rings (SSSR count). The number of piperidine rings is 1. The lowest BCUT2D eigenvalue weighted by atomic mass is 9.96. The number of amides is 2. The van der Waals surface area contributed by atoms with Crippen molar-refractivity contribution >= 4 is 11.8 Å². The van der Waals surface area contributed by atoms with Crippen molar-refractivity contribution < 1.29 is 9.59 Å². The summed E-state index contributed by atoms with van der Waals surface area (Å²) in [5.41, 5.74) is 5.44. The van der Waals surface area contributed by atoms with E-state index in [4.69, 9.17) is 5.73 Å². The molecule has 3 N–H and O–H groups in total. The van der Waals surface area contributed by atoms with Gasteiger partial charge in [-0.05, 0) is 39.2 Å². The highest BCUT2D eigenvalue weighted by atomic mass is 16.2. The predicted octanol–water partition coefficient (Wildman–Crippen LogP) is 0.285. The number of likely N-dealkylation sites (tertiary alicyclic amines) is 1. The number of rotatable bonds is 7. The minimum atomic E-state index is -0.330. The van der Waals surface area contributed by atoms with E-state index in [-0.39, 0.29) is 29.7 Å². The van der Waals surface area contributed by atoms with E-state index in [2.05, 4.69) is 14.9 Å². The number of carbonyl (C=O) groups excluding carboxylic acids is 2. The smallest absolute Gasteiger partial charge is 0.231 e. The molecule has 1 aromatic rings. The van der Waals surface area contributed by atoms with Gasteiger partial charge in [0.15, 0.2) is 0 Å². The first-order chi connectivity index (χ1) is 11.5. The van der Waals surface area contributed by atoms with Crippen LogP contribution in [0.2, 0.25) is 0 Å². The second-order valence-electron chi connectivity index (χ2n) is 7.36. The summed E-state index contributed by atoms with van der Waals surface area (Å²) in [6.07, 6.45) is 7.92. The highest BCUT2D eigenvalue weighted by molar-refractivity contribution is 5.79. The molecule has 0 aromatic carbocycles. The maximum atomic E-state index is 12.5. The zero-order valence-corrected chi connectivity index (χ0v) is 14.3. The Kier molecular flexibility index (Phi) is 4.89. The van der Waals surface area contributed by atoms with Crippen LogP contribution in [0.25, 0.3) is 0 Å². The zero-order chi connectivity index (χ0) is 17.2. The Morgan fingerprint density at radius 1 is 1.46 bits per heavy atom. The molecule has 2 aliphatic rings. The van der Waals surface area contributed by atoms with Gasteiger partial charge in [0, 0.05) is 37.4 Å². The molecule has 132 valence electrons. The standard InChI is InChI=1S/C17H27N5O2/c1-13-19-6-8-22(13)12-17(4-5-17)11-20-16(24)14-3-2-7-21(9-14)10-15(18)23/h6,8,14H,2-5,7,9-12H2,1H3,(H2,18,23)(H,20,24)/t14-/m1/s1. The Balaban J connectivity index is 1.48. The first-order valence-corrected chi connectivity index (χ1v) is 8.74. The van der Waals surface area contributed by atoms with Crippen LogP contribution < -0.4 is 11.1 Å². The molecule has 7 nitrogen and oxygen atoms in total. The minimum Gasteiger partial charge on any atom is -0.369 e. The number of nitrogens with two attached hydrogens (primary N) is 1. The quantitative estimate of drug-likeness (QED) is 0.750. The molecule has 7 heteroatoms. The van der Waals surface area contributed by atoms with Crippen molar-refractivity contribution in [2.24, 2.45) is 17.1 Å². The normalized spacial score (nSPS) is 23.0. The molecule has 0 radical (unpaired) electrons. The predicted molar refractivity (Wildman–Crippen MR) is 90.0 cm³/mol. The van der Waals surface area contributed by atoms with Gasteiger partial charge in [-0.3, -0.25) is 14.5 Å². The molecular formula is C17H27N5O2. The molecule has 1 saturated heterocycles. The fourth-order valence-corrected chi connectivity index (χ4v) is 3.55. The second kappa shape index (κ2) is 6.93. The molecular weight excluding hydrogens is 306 g/mol. The van der Waals surface area contributed by atoms with Gasteiger partial charge in [0.25, 0.3) is 0 Å². The molecule has 24 heavy (non-hydrogen) atoms. The third-order valence-electron chi connectivity index (χ3n) is 5.28. The third kappa shape index (κ3) is 4.14. The lowest BCUT2D eigenvalue weighted by molar-refractivity contribution is -0.128. The third-order valence-corrected chi connectivity index (χ3v) is 5.28. The molecule has 0 spiro atoms. The number of nitrogens with one attached hydrogen (secondary N) is 1. The molecule has 2 fully saturated rings. The van der Waals surface area contributed by atoms with Crippen LogP contribution >= 0.6 is 0 Å². The van der Waals surface area contributed by atoms with Crippen LogP contribution in [-0.4, -0.2) is 52.4 Å². The maximum Gasteiger partial charge on any atom is 0.231 e. The van der Waals surface area contributed by atoms with Crippen molar-refractivity contribution in [2.75, 3.05) is 26.2 Å². The van der Waals surface area contributed by atoms with Gasteiger partial charge in [-0.2, -0.15) is 0 Å². The van der Waals surface area contributed by atoms with Gasteiger partial charge in [-0.15, -0.1) is 0 Å². The summed E-state index contributed by atoms with van der Waals surface area (Å²) in [5.74, 6) is 0.757. The van der Waals surface area contributed by atoms with Crippen LogP contribution in [0.1, 0.15) is 31.5 Å². The van der Waals surface area contributed by atoms with E-state index in [0.717, 1.165) is 51.1 Å². The highest BCUT2D eigenvalue weighted by Gasteiger charge is 2.43. The Bertz CT molecular complexity index is 608. The van der Waals surface area contributed by atoms with Crippen molar-refractivity contribution in [1.82, 2.24) is 19.8 Å². The number of aryl methyl sites for hydroxylation is 1. The van der Waals surface area contributed by atoms with Gasteiger partial charge in [-0.25, -0.2) is 4.98 Å². The summed E-state index contributed by atoms with van der Waals surface area (Å²) >= 11 is 0. The first-order valence-electron chi connectivity index (χ1n) is 8.74. The van der Waals surface area contributed by atoms with E-state index < -0.39 is 0 Å². The van der Waals surface area contributed by atoms with Crippen LogP contribution in [-0.2, 0) is 16.1 Å². The Labute approximate surface area is 142 Å². The number of hydrogen-bond donors (Lipinski definition) is 2. The summed E-state index contributed by atoms with van der Waals surface area (Å²) < 4.78 is 2.16. The van der Waals surface area contributed by atoms with E-state index in [0.29, 0.717) is 6.54 Å². The summed E-state index contributed by atoms with van der Waals surface area (Å²) in [6.45, 7) is 5.35. The van der Waals surface area contributed by atoms with Crippen molar-refractivity contribution in [1.29, 1.82) is 0 Å². The molecule has 2 heterocycles. The molecule has 0 unspecified atom stereocenters. The molecule has 1 saturated carbocycles. The number of aromatic nitrogens is 2. The summed E-state index contributed by atoms with van der Waals surface area (Å²) in [6, 6.07) is 0. The van der Waals surface area contributed by atoms with Gasteiger partial charge in [-0.1, -0.05) is 0 Å². The molecule has 1 aliphatic carbocycles. The van der Waals surface area contributed by atoms with Crippen molar-refractivity contribution in [3.8, 4) is 0 Å². The zero-order valence-electron chi connectivity index (χ0n) is 14.3. The van der Waals surface area contributed by atoms with Crippen LogP contribution in [0.4, 0.5) is 0 Å². The van der Waals surface area contributed by atoms with Crippen molar-refractivity contribution in [3.63, 3.8) is 0 Å². The highest BCUT2D eigenvalue weighted by Crippen LogP contribution is 2.46. The molecule has 0 bridgehead atoms. The van der Waals surface area contributed by atoms with Crippen LogP contribution in [0.15, 0.2) is 12.4 Å². The number of primary amides is 1. The number of imidazole rings is 1. The number of carbonyl (C=O) groups is 2. The topological polar surface area (TPSA) is 93.2 Å². The average Bonchev–Trinajstić information content (AvgIpc) is 3.20. The summed E-state index contributed by atoms with van der Waals surface area (Å²) in [5, 5.41) is 3.15. The van der Waals surface area contributed by atoms with E-state index in [1.807, 2.05) is 24.2 Å². The Morgan fingerprint density at radius 3 is 2.88 bits per heavy atom. The fourth-order valence-electron chi connectivity index (χ4n) is 3.55. The van der Waals surface area contributed by atoms with Crippen LogP contribution in [0, 0.1) is 18.3 Å². The van der Waals surface area contributed by atoms with Gasteiger partial charge >= 0.3 is 0 Å². The fraction of sp³-hybridized carbons (Fsp3) is 0.706. The molecule has 1 aromatic heterocycles. The summed E-state index contributed by atoms with van der Waals surface area (Å²) in [7, 11) is 0. The lowest BCUT2D eigenvalue weighted by Crippen LogP contribution is -2.46. The van der Waals surface area contributed by atoms with Crippen molar-refractivity contribution in [3.05, 3.63) is 18.2 Å². The Hall–Kier alpha value is -1.89. The van der Waals surface area contributed by atoms with Crippen molar-refractivity contribution in [2.45, 2.75) is 39.2 Å². The molecule has 1 atom stereocenters. The monoisotopic (exact) mass is 333 g/mol. The lowest BCUT2D eigenvalue weighted by Gasteiger charge is -2.31. The van der Waals surface area contributed by atoms with Gasteiger partial charge in [0.1, 0.15) is 5.82 Å². The molecule has 1 aliphatic heterocycles. The molecule has 2 amide bonds. The maximum absolute atomic E-state index is 12.5. The van der Waals surface area contributed by atoms with Crippen LogP contribution in [0.5, 0.6) is 0 Å². The van der Waals surface area contributed by atoms with E-state index in [1.54, 1.807) is 0 Å². The number of hydrogen-bond acceptors (Lipinski definition) is 4. The SMILES string of the molecule is Cc1nccn1CC1(CNC(=O)[C@@H]2CCCN(CC(N)=O)C2)CC1. The summed E-state index contributed by atoms with van der Waals surface area (Å²) in [4.78, 5) is 29.8. The van der Waals surface area contributed by atoms with Gasteiger partial charge in [0.2, 0.25) is 11.8 Å². The number of nitrogens with zero attached hydrogens (tertiary/aromatic N) is 3. The largest absolute Gasteiger partial charge is 0.369 e. The first kappa shape index (κ1) is 17.0. The average molecular weight is 333 g/mol. The minimum absolute atomic E-state index is 0.0381. The van der Waals surface area contributed by atoms with E-state index >= 15 is 0 Å². The second-order valence-corrected chi connectivity index (χ2v) is 7.36. The van der Waals surface area contributed by atoms with E-state index in [9.17, 15) is 9.59 Å². The van der Waals surface area contributed by atoms with Crippen LogP contribution in [0.3, 0.4) is 0 Å². The van der Waals surface area contributed by atoms with E-state index in [1.165, 1.54) is 0 Å². The van der Waals surface area contributed by atoms with Gasteiger partial charge in [0.05, 0.1) is 12.5 Å².